The van der Waals surface area contributed by atoms with Crippen molar-refractivity contribution in [3.8, 4) is 5.69 Å². The van der Waals surface area contributed by atoms with Gasteiger partial charge >= 0.3 is 6.09 Å². The third-order valence-corrected chi connectivity index (χ3v) is 4.75. The average molecular weight is 329 g/mol. The molecule has 24 heavy (non-hydrogen) atoms. The number of amides is 1. The Morgan fingerprint density at radius 2 is 1.96 bits per heavy atom. The van der Waals surface area contributed by atoms with E-state index in [0.717, 1.165) is 37.8 Å². The third kappa shape index (κ3) is 2.86. The van der Waals surface area contributed by atoms with Gasteiger partial charge in [0, 0.05) is 7.05 Å². The van der Waals surface area contributed by atoms with E-state index in [-0.39, 0.29) is 6.09 Å². The van der Waals surface area contributed by atoms with Crippen LogP contribution >= 0.6 is 0 Å². The Kier molecular flexibility index (Phi) is 4.78. The number of hydrogen-bond donors (Lipinski definition) is 0. The molecule has 1 aromatic carbocycles. The van der Waals surface area contributed by atoms with Gasteiger partial charge in [0.1, 0.15) is 5.54 Å². The molecule has 0 bridgehead atoms. The van der Waals surface area contributed by atoms with Gasteiger partial charge in [-0.2, -0.15) is 4.68 Å². The molecule has 1 saturated carbocycles. The second-order valence-electron chi connectivity index (χ2n) is 6.10. The van der Waals surface area contributed by atoms with Gasteiger partial charge in [-0.1, -0.05) is 37.5 Å². The zero-order chi connectivity index (χ0) is 17.0. The molecule has 7 nitrogen and oxygen atoms in total. The predicted octanol–water partition coefficient (Wildman–Crippen LogP) is 2.91. The molecule has 1 heterocycles. The minimum Gasteiger partial charge on any atom is -0.450 e. The Balaban J connectivity index is 2.05. The first-order chi connectivity index (χ1) is 11.7. The van der Waals surface area contributed by atoms with Gasteiger partial charge in [-0.25, -0.2) is 4.79 Å². The number of ether oxygens (including phenoxy) is 1. The topological polar surface area (TPSA) is 73.1 Å². The highest BCUT2D eigenvalue weighted by molar-refractivity contribution is 5.68. The van der Waals surface area contributed by atoms with Crippen molar-refractivity contribution in [1.82, 2.24) is 25.1 Å². The number of aromatic nitrogens is 4. The summed E-state index contributed by atoms with van der Waals surface area (Å²) in [6.45, 7) is 2.16. The molecule has 0 spiro atoms. The number of nitrogens with zero attached hydrogens (tertiary/aromatic N) is 5. The van der Waals surface area contributed by atoms with E-state index in [1.54, 1.807) is 16.6 Å². The predicted molar refractivity (Wildman–Crippen MR) is 88.7 cm³/mol. The molecule has 1 fully saturated rings. The van der Waals surface area contributed by atoms with Crippen LogP contribution in [0.25, 0.3) is 5.69 Å². The summed E-state index contributed by atoms with van der Waals surface area (Å²) in [5, 5.41) is 12.4. The van der Waals surface area contributed by atoms with Crippen LogP contribution in [0.1, 0.15) is 44.9 Å². The molecular weight excluding hydrogens is 306 g/mol. The highest BCUT2D eigenvalue weighted by Gasteiger charge is 2.45. The number of benzene rings is 1. The summed E-state index contributed by atoms with van der Waals surface area (Å²) in [6.07, 6.45) is 4.55. The molecule has 1 aromatic heterocycles. The van der Waals surface area contributed by atoms with Gasteiger partial charge in [-0.15, -0.1) is 5.10 Å². The lowest BCUT2D eigenvalue weighted by Gasteiger charge is -2.42. The number of carbonyl (C=O) groups excluding carboxylic acids is 1. The molecule has 1 aliphatic carbocycles. The van der Waals surface area contributed by atoms with Crippen LogP contribution in [0.4, 0.5) is 4.79 Å². The van der Waals surface area contributed by atoms with Crippen molar-refractivity contribution in [2.45, 2.75) is 44.6 Å². The Bertz CT molecular complexity index is 679. The van der Waals surface area contributed by atoms with E-state index in [1.807, 2.05) is 37.3 Å². The second-order valence-corrected chi connectivity index (χ2v) is 6.10. The fourth-order valence-corrected chi connectivity index (χ4v) is 3.46. The fraction of sp³-hybridized carbons (Fsp3) is 0.529. The molecule has 0 aliphatic heterocycles. The Hall–Kier alpha value is -2.44. The van der Waals surface area contributed by atoms with Gasteiger partial charge in [0.05, 0.1) is 12.3 Å². The van der Waals surface area contributed by atoms with Crippen molar-refractivity contribution in [2.75, 3.05) is 13.7 Å². The van der Waals surface area contributed by atoms with E-state index < -0.39 is 5.54 Å². The zero-order valence-corrected chi connectivity index (χ0v) is 14.2. The molecule has 0 radical (unpaired) electrons. The third-order valence-electron chi connectivity index (χ3n) is 4.75. The van der Waals surface area contributed by atoms with Crippen LogP contribution < -0.4 is 0 Å². The van der Waals surface area contributed by atoms with Crippen molar-refractivity contribution in [1.29, 1.82) is 0 Å². The molecule has 3 rings (SSSR count). The average Bonchev–Trinajstić information content (AvgIpc) is 3.13. The van der Waals surface area contributed by atoms with Gasteiger partial charge in [0.15, 0.2) is 5.82 Å². The van der Waals surface area contributed by atoms with Crippen LogP contribution in [0.5, 0.6) is 0 Å². The van der Waals surface area contributed by atoms with Crippen molar-refractivity contribution < 1.29 is 9.53 Å². The summed E-state index contributed by atoms with van der Waals surface area (Å²) in [6, 6.07) is 9.77. The highest BCUT2D eigenvalue weighted by Crippen LogP contribution is 2.41. The van der Waals surface area contributed by atoms with Crippen LogP contribution in [-0.2, 0) is 10.3 Å². The monoisotopic (exact) mass is 329 g/mol. The van der Waals surface area contributed by atoms with Crippen molar-refractivity contribution in [3.63, 3.8) is 0 Å². The van der Waals surface area contributed by atoms with E-state index in [1.165, 1.54) is 0 Å². The maximum absolute atomic E-state index is 12.4. The molecule has 2 aromatic rings. The maximum atomic E-state index is 12.4. The van der Waals surface area contributed by atoms with Crippen LogP contribution in [0.3, 0.4) is 0 Å². The van der Waals surface area contributed by atoms with E-state index >= 15 is 0 Å². The number of para-hydroxylation sites is 1. The first kappa shape index (κ1) is 16.4. The number of carbonyl (C=O) groups is 1. The molecular formula is C17H23N5O2. The van der Waals surface area contributed by atoms with Gasteiger partial charge in [-0.05, 0) is 42.3 Å². The molecule has 0 atom stereocenters. The lowest BCUT2D eigenvalue weighted by molar-refractivity contribution is 0.0390. The van der Waals surface area contributed by atoms with Crippen LogP contribution in [0, 0.1) is 0 Å². The molecule has 0 saturated heterocycles. The molecule has 1 amide bonds. The van der Waals surface area contributed by atoms with Crippen LogP contribution in [0.15, 0.2) is 30.3 Å². The first-order valence-corrected chi connectivity index (χ1v) is 8.44. The Morgan fingerprint density at radius 1 is 1.25 bits per heavy atom. The van der Waals surface area contributed by atoms with Gasteiger partial charge in [-0.3, -0.25) is 4.90 Å². The van der Waals surface area contributed by atoms with Crippen LogP contribution in [0.2, 0.25) is 0 Å². The normalized spacial score (nSPS) is 16.6. The largest absolute Gasteiger partial charge is 0.450 e. The molecule has 1 aliphatic rings. The van der Waals surface area contributed by atoms with Gasteiger partial charge < -0.3 is 4.74 Å². The van der Waals surface area contributed by atoms with E-state index in [9.17, 15) is 4.79 Å². The highest BCUT2D eigenvalue weighted by atomic mass is 16.6. The molecule has 7 heteroatoms. The maximum Gasteiger partial charge on any atom is 0.410 e. The summed E-state index contributed by atoms with van der Waals surface area (Å²) in [4.78, 5) is 14.1. The van der Waals surface area contributed by atoms with E-state index in [0.29, 0.717) is 12.4 Å². The summed E-state index contributed by atoms with van der Waals surface area (Å²) in [5.74, 6) is 0.698. The van der Waals surface area contributed by atoms with E-state index in [4.69, 9.17) is 4.74 Å². The Labute approximate surface area is 141 Å². The van der Waals surface area contributed by atoms with Gasteiger partial charge in [0.2, 0.25) is 0 Å². The summed E-state index contributed by atoms with van der Waals surface area (Å²) in [5.41, 5.74) is 0.351. The first-order valence-electron chi connectivity index (χ1n) is 8.44. The lowest BCUT2D eigenvalue weighted by Crippen LogP contribution is -2.50. The number of hydrogen-bond acceptors (Lipinski definition) is 5. The lowest BCUT2D eigenvalue weighted by atomic mass is 9.79. The van der Waals surface area contributed by atoms with E-state index in [2.05, 4.69) is 15.5 Å². The second kappa shape index (κ2) is 6.98. The zero-order valence-electron chi connectivity index (χ0n) is 14.2. The fourth-order valence-electron chi connectivity index (χ4n) is 3.46. The standard InChI is InChI=1S/C17H23N5O2/c1-3-24-16(23)21(2)17(12-8-5-9-13-17)15-18-19-20-22(15)14-10-6-4-7-11-14/h4,6-7,10-11H,3,5,8-9,12-13H2,1-2H3. The van der Waals surface area contributed by atoms with Gasteiger partial charge in [0.25, 0.3) is 0 Å². The van der Waals surface area contributed by atoms with Crippen molar-refractivity contribution >= 4 is 6.09 Å². The molecule has 128 valence electrons. The number of rotatable bonds is 4. The summed E-state index contributed by atoms with van der Waals surface area (Å²) < 4.78 is 6.97. The summed E-state index contributed by atoms with van der Waals surface area (Å²) >= 11 is 0. The SMILES string of the molecule is CCOC(=O)N(C)C1(c2nnnn2-c2ccccc2)CCCCC1. The minimum atomic E-state index is -0.538. The minimum absolute atomic E-state index is 0.331. The molecule has 0 unspecified atom stereocenters. The van der Waals surface area contributed by atoms with Crippen LogP contribution in [-0.4, -0.2) is 44.9 Å². The number of tetrazole rings is 1. The quantitative estimate of drug-likeness (QED) is 0.862. The molecule has 0 N–H and O–H groups in total. The van der Waals surface area contributed by atoms with Crippen molar-refractivity contribution in [3.05, 3.63) is 36.2 Å². The Morgan fingerprint density at radius 3 is 2.62 bits per heavy atom. The smallest absolute Gasteiger partial charge is 0.410 e. The van der Waals surface area contributed by atoms with Crippen molar-refractivity contribution in [2.24, 2.45) is 0 Å². The summed E-state index contributed by atoms with van der Waals surface area (Å²) in [7, 11) is 1.79.